The number of carbonyl (C=O) groups excluding carboxylic acids is 1. The van der Waals surface area contributed by atoms with Crippen molar-refractivity contribution in [1.29, 1.82) is 0 Å². The van der Waals surface area contributed by atoms with Gasteiger partial charge in [0, 0.05) is 18.0 Å². The molecule has 1 atom stereocenters. The highest BCUT2D eigenvalue weighted by molar-refractivity contribution is 5.89. The fraction of sp³-hybridized carbons (Fsp3) is 0.400. The summed E-state index contributed by atoms with van der Waals surface area (Å²) in [6.45, 7) is 1.99. The quantitative estimate of drug-likeness (QED) is 0.824. The van der Waals surface area contributed by atoms with Crippen molar-refractivity contribution in [3.63, 3.8) is 0 Å². The van der Waals surface area contributed by atoms with E-state index >= 15 is 0 Å². The summed E-state index contributed by atoms with van der Waals surface area (Å²) in [5, 5.41) is 10.4. The van der Waals surface area contributed by atoms with E-state index in [2.05, 4.69) is 15.5 Å². The van der Waals surface area contributed by atoms with Crippen molar-refractivity contribution in [2.45, 2.75) is 38.0 Å². The maximum atomic E-state index is 12.0. The Hall–Kier alpha value is -2.37. The molecule has 1 aromatic carbocycles. The molecule has 1 saturated carbocycles. The number of anilines is 2. The van der Waals surface area contributed by atoms with Crippen molar-refractivity contribution in [2.75, 3.05) is 11.1 Å². The third-order valence-electron chi connectivity index (χ3n) is 3.61. The Morgan fingerprint density at radius 3 is 2.76 bits per heavy atom. The second-order valence-electron chi connectivity index (χ2n) is 5.54. The second kappa shape index (κ2) is 5.55. The Labute approximate surface area is 122 Å². The van der Waals surface area contributed by atoms with Crippen LogP contribution in [-0.2, 0) is 4.79 Å². The van der Waals surface area contributed by atoms with E-state index in [0.29, 0.717) is 23.9 Å². The zero-order valence-corrected chi connectivity index (χ0v) is 11.9. The molecule has 0 saturated heterocycles. The summed E-state index contributed by atoms with van der Waals surface area (Å²) in [5.74, 6) is 0.968. The monoisotopic (exact) mass is 286 g/mol. The SMILES string of the molecule is CC(CC(=O)Nc1nnc(C2CC2)o1)c1ccc(N)cc1. The molecule has 0 spiro atoms. The largest absolute Gasteiger partial charge is 0.408 e. The van der Waals surface area contributed by atoms with Gasteiger partial charge in [-0.05, 0) is 36.5 Å². The van der Waals surface area contributed by atoms with E-state index in [1.54, 1.807) is 0 Å². The molecule has 3 N–H and O–H groups in total. The minimum Gasteiger partial charge on any atom is -0.408 e. The molecule has 0 aliphatic heterocycles. The number of nitrogen functional groups attached to an aromatic ring is 1. The fourth-order valence-electron chi connectivity index (χ4n) is 2.17. The van der Waals surface area contributed by atoms with Gasteiger partial charge >= 0.3 is 6.01 Å². The van der Waals surface area contributed by atoms with Crippen LogP contribution in [0.3, 0.4) is 0 Å². The summed E-state index contributed by atoms with van der Waals surface area (Å²) in [5.41, 5.74) is 7.44. The number of benzene rings is 1. The predicted molar refractivity (Wildman–Crippen MR) is 78.8 cm³/mol. The van der Waals surface area contributed by atoms with Gasteiger partial charge in [0.25, 0.3) is 0 Å². The number of carbonyl (C=O) groups is 1. The summed E-state index contributed by atoms with van der Waals surface area (Å²) in [4.78, 5) is 12.0. The summed E-state index contributed by atoms with van der Waals surface area (Å²) in [6.07, 6.45) is 2.53. The number of hydrogen-bond donors (Lipinski definition) is 2. The zero-order valence-electron chi connectivity index (χ0n) is 11.9. The van der Waals surface area contributed by atoms with E-state index in [9.17, 15) is 4.79 Å². The van der Waals surface area contributed by atoms with Crippen molar-refractivity contribution in [1.82, 2.24) is 10.2 Å². The van der Waals surface area contributed by atoms with E-state index < -0.39 is 0 Å². The first kappa shape index (κ1) is 13.6. The van der Waals surface area contributed by atoms with Crippen LogP contribution in [0.25, 0.3) is 0 Å². The molecule has 6 nitrogen and oxygen atoms in total. The number of amides is 1. The molecule has 3 rings (SSSR count). The molecular weight excluding hydrogens is 268 g/mol. The molecule has 6 heteroatoms. The molecule has 0 bridgehead atoms. The minimum atomic E-state index is -0.134. The van der Waals surface area contributed by atoms with Crippen LogP contribution in [0.4, 0.5) is 11.7 Å². The number of nitrogens with zero attached hydrogens (tertiary/aromatic N) is 2. The van der Waals surface area contributed by atoms with Gasteiger partial charge in [-0.25, -0.2) is 0 Å². The average molecular weight is 286 g/mol. The highest BCUT2D eigenvalue weighted by Crippen LogP contribution is 2.39. The maximum absolute atomic E-state index is 12.0. The summed E-state index contributed by atoms with van der Waals surface area (Å²) in [6, 6.07) is 7.73. The van der Waals surface area contributed by atoms with E-state index in [1.807, 2.05) is 31.2 Å². The number of rotatable bonds is 5. The van der Waals surface area contributed by atoms with E-state index in [0.717, 1.165) is 18.4 Å². The smallest absolute Gasteiger partial charge is 0.322 e. The van der Waals surface area contributed by atoms with Crippen molar-refractivity contribution in [2.24, 2.45) is 0 Å². The second-order valence-corrected chi connectivity index (χ2v) is 5.54. The highest BCUT2D eigenvalue weighted by atomic mass is 16.4. The van der Waals surface area contributed by atoms with Crippen LogP contribution in [0.15, 0.2) is 28.7 Å². The van der Waals surface area contributed by atoms with Gasteiger partial charge < -0.3 is 10.2 Å². The van der Waals surface area contributed by atoms with Crippen LogP contribution in [0.2, 0.25) is 0 Å². The highest BCUT2D eigenvalue weighted by Gasteiger charge is 2.29. The van der Waals surface area contributed by atoms with Crippen LogP contribution < -0.4 is 11.1 Å². The molecule has 0 radical (unpaired) electrons. The standard InChI is InChI=1S/C15H18N4O2/c1-9(10-4-6-12(16)7-5-10)8-13(20)17-15-19-18-14(21-15)11-2-3-11/h4-7,9,11H,2-3,8,16H2,1H3,(H,17,19,20). The predicted octanol–water partition coefficient (Wildman–Crippen LogP) is 2.66. The molecular formula is C15H18N4O2. The molecule has 110 valence electrons. The van der Waals surface area contributed by atoms with E-state index in [1.165, 1.54) is 0 Å². The number of hydrogen-bond acceptors (Lipinski definition) is 5. The van der Waals surface area contributed by atoms with Crippen molar-refractivity contribution < 1.29 is 9.21 Å². The lowest BCUT2D eigenvalue weighted by atomic mass is 9.97. The number of aromatic nitrogens is 2. The first-order chi connectivity index (χ1) is 10.1. The van der Waals surface area contributed by atoms with Crippen molar-refractivity contribution in [3.8, 4) is 0 Å². The zero-order chi connectivity index (χ0) is 14.8. The summed E-state index contributed by atoms with van der Waals surface area (Å²) < 4.78 is 5.41. The van der Waals surface area contributed by atoms with Gasteiger partial charge in [0.2, 0.25) is 11.8 Å². The molecule has 21 heavy (non-hydrogen) atoms. The number of nitrogens with one attached hydrogen (secondary N) is 1. The Kier molecular flexibility index (Phi) is 3.60. The molecule has 1 aliphatic carbocycles. The molecule has 2 aromatic rings. The third kappa shape index (κ3) is 3.39. The topological polar surface area (TPSA) is 94.0 Å². The van der Waals surface area contributed by atoms with Gasteiger partial charge in [-0.15, -0.1) is 5.10 Å². The Bertz CT molecular complexity index is 631. The van der Waals surface area contributed by atoms with Crippen molar-refractivity contribution >= 4 is 17.6 Å². The Balaban J connectivity index is 1.56. The van der Waals surface area contributed by atoms with E-state index in [-0.39, 0.29) is 17.8 Å². The number of nitrogens with two attached hydrogens (primary N) is 1. The van der Waals surface area contributed by atoms with Crippen LogP contribution in [0.1, 0.15) is 49.5 Å². The third-order valence-corrected chi connectivity index (χ3v) is 3.61. The molecule has 1 aromatic heterocycles. The molecule has 1 unspecified atom stereocenters. The average Bonchev–Trinajstić information content (AvgIpc) is 3.20. The molecule has 1 fully saturated rings. The Morgan fingerprint density at radius 1 is 1.38 bits per heavy atom. The van der Waals surface area contributed by atoms with Gasteiger partial charge in [0.05, 0.1) is 0 Å². The lowest BCUT2D eigenvalue weighted by Crippen LogP contribution is -2.14. The first-order valence-electron chi connectivity index (χ1n) is 7.10. The fourth-order valence-corrected chi connectivity index (χ4v) is 2.17. The maximum Gasteiger partial charge on any atom is 0.322 e. The van der Waals surface area contributed by atoms with Gasteiger partial charge in [-0.3, -0.25) is 10.1 Å². The summed E-state index contributed by atoms with van der Waals surface area (Å²) >= 11 is 0. The Morgan fingerprint density at radius 2 is 2.10 bits per heavy atom. The lowest BCUT2D eigenvalue weighted by Gasteiger charge is -2.11. The molecule has 1 heterocycles. The molecule has 1 aliphatic rings. The van der Waals surface area contributed by atoms with Crippen molar-refractivity contribution in [3.05, 3.63) is 35.7 Å². The normalized spacial score (nSPS) is 15.7. The minimum absolute atomic E-state index is 0.0939. The lowest BCUT2D eigenvalue weighted by molar-refractivity contribution is -0.116. The van der Waals surface area contributed by atoms with Crippen LogP contribution in [0.5, 0.6) is 0 Å². The van der Waals surface area contributed by atoms with Gasteiger partial charge in [-0.2, -0.15) is 0 Å². The van der Waals surface area contributed by atoms with Gasteiger partial charge in [0.1, 0.15) is 0 Å². The van der Waals surface area contributed by atoms with Crippen LogP contribution in [0, 0.1) is 0 Å². The van der Waals surface area contributed by atoms with E-state index in [4.69, 9.17) is 10.2 Å². The summed E-state index contributed by atoms with van der Waals surface area (Å²) in [7, 11) is 0. The van der Waals surface area contributed by atoms with Gasteiger partial charge in [0.15, 0.2) is 0 Å². The van der Waals surface area contributed by atoms with Crippen LogP contribution >= 0.6 is 0 Å². The van der Waals surface area contributed by atoms with Gasteiger partial charge in [-0.1, -0.05) is 24.2 Å². The molecule has 1 amide bonds. The first-order valence-corrected chi connectivity index (χ1v) is 7.10. The van der Waals surface area contributed by atoms with Crippen LogP contribution in [-0.4, -0.2) is 16.1 Å².